The van der Waals surface area contributed by atoms with Gasteiger partial charge in [-0.2, -0.15) is 0 Å². The molecular weight excluding hydrogens is 461 g/mol. The van der Waals surface area contributed by atoms with Crippen LogP contribution in [0.5, 0.6) is 0 Å². The number of thiophene rings is 1. The predicted octanol–water partition coefficient (Wildman–Crippen LogP) is 4.14. The Bertz CT molecular complexity index is 1160. The molecule has 2 amide bonds. The highest BCUT2D eigenvalue weighted by Crippen LogP contribution is 2.37. The van der Waals surface area contributed by atoms with Gasteiger partial charge in [-0.1, -0.05) is 42.5 Å². The van der Waals surface area contributed by atoms with Crippen molar-refractivity contribution in [2.75, 3.05) is 39.3 Å². The summed E-state index contributed by atoms with van der Waals surface area (Å²) in [6, 6.07) is 18.8. The van der Waals surface area contributed by atoms with Gasteiger partial charge < -0.3 is 9.80 Å². The summed E-state index contributed by atoms with van der Waals surface area (Å²) in [5.74, 6) is -0.155. The summed E-state index contributed by atoms with van der Waals surface area (Å²) < 4.78 is 13.2. The van der Waals surface area contributed by atoms with E-state index in [1.807, 2.05) is 15.9 Å². The number of amides is 2. The van der Waals surface area contributed by atoms with E-state index < -0.39 is 0 Å². The second-order valence-electron chi connectivity index (χ2n) is 9.25. The molecule has 0 radical (unpaired) electrons. The Morgan fingerprint density at radius 2 is 1.57 bits per heavy atom. The third-order valence-corrected chi connectivity index (χ3v) is 7.99. The van der Waals surface area contributed by atoms with Crippen molar-refractivity contribution < 1.29 is 14.0 Å². The number of carbonyl (C=O) groups is 2. The summed E-state index contributed by atoms with van der Waals surface area (Å²) in [6.45, 7) is 3.60. The van der Waals surface area contributed by atoms with Crippen LogP contribution >= 0.6 is 11.3 Å². The van der Waals surface area contributed by atoms with Gasteiger partial charge in [0.2, 0.25) is 11.8 Å². The molecule has 35 heavy (non-hydrogen) atoms. The quantitative estimate of drug-likeness (QED) is 0.539. The van der Waals surface area contributed by atoms with Crippen molar-refractivity contribution in [1.82, 2.24) is 14.7 Å². The molecule has 0 N–H and O–H groups in total. The highest BCUT2D eigenvalue weighted by atomic mass is 32.1. The smallest absolute Gasteiger partial charge is 0.236 e. The lowest BCUT2D eigenvalue weighted by atomic mass is 9.93. The van der Waals surface area contributed by atoms with Crippen molar-refractivity contribution in [3.05, 3.63) is 93.4 Å². The highest BCUT2D eigenvalue weighted by Gasteiger charge is 2.32. The SMILES string of the molecule is O=C(Cc1ccc(F)cc1)N1CCCN(C(=O)CN2CCc3sccc3C2c2ccccc2)CC1. The third-order valence-electron chi connectivity index (χ3n) is 6.99. The van der Waals surface area contributed by atoms with Crippen LogP contribution in [0.4, 0.5) is 4.39 Å². The molecule has 1 saturated heterocycles. The van der Waals surface area contributed by atoms with Gasteiger partial charge in [0.05, 0.1) is 19.0 Å². The first-order valence-corrected chi connectivity index (χ1v) is 13.1. The van der Waals surface area contributed by atoms with E-state index in [1.54, 1.807) is 23.5 Å². The van der Waals surface area contributed by atoms with Crippen LogP contribution in [0, 0.1) is 5.82 Å². The highest BCUT2D eigenvalue weighted by molar-refractivity contribution is 7.10. The van der Waals surface area contributed by atoms with E-state index in [0.29, 0.717) is 32.7 Å². The maximum absolute atomic E-state index is 13.4. The molecular formula is C28H30FN3O2S. The zero-order chi connectivity index (χ0) is 24.2. The maximum atomic E-state index is 13.4. The van der Waals surface area contributed by atoms with Crippen LogP contribution in [-0.2, 0) is 22.4 Å². The van der Waals surface area contributed by atoms with Crippen LogP contribution in [0.2, 0.25) is 0 Å². The molecule has 0 saturated carbocycles. The lowest BCUT2D eigenvalue weighted by molar-refractivity contribution is -0.134. The largest absolute Gasteiger partial charge is 0.341 e. The summed E-state index contributed by atoms with van der Waals surface area (Å²) in [6.07, 6.45) is 1.98. The van der Waals surface area contributed by atoms with Crippen molar-refractivity contribution in [1.29, 1.82) is 0 Å². The second kappa shape index (κ2) is 10.7. The first kappa shape index (κ1) is 23.7. The summed E-state index contributed by atoms with van der Waals surface area (Å²) in [4.78, 5) is 33.7. The molecule has 1 unspecified atom stereocenters. The van der Waals surface area contributed by atoms with E-state index in [4.69, 9.17) is 0 Å². The molecule has 182 valence electrons. The average molecular weight is 492 g/mol. The third kappa shape index (κ3) is 5.46. The number of carbonyl (C=O) groups excluding carboxylic acids is 2. The first-order valence-electron chi connectivity index (χ1n) is 12.2. The van der Waals surface area contributed by atoms with E-state index in [1.165, 1.54) is 28.1 Å². The molecule has 7 heteroatoms. The standard InChI is InChI=1S/C28H30FN3O2S/c29-23-9-7-21(8-10-23)19-26(33)30-13-4-14-31(17-16-30)27(34)20-32-15-11-25-24(12-18-35-25)28(32)22-5-2-1-3-6-22/h1-3,5-10,12,18,28H,4,11,13-17,19-20H2. The molecule has 2 aliphatic rings. The molecule has 0 aliphatic carbocycles. The summed E-state index contributed by atoms with van der Waals surface area (Å²) in [5, 5.41) is 2.15. The number of rotatable bonds is 5. The first-order chi connectivity index (χ1) is 17.1. The van der Waals surface area contributed by atoms with Crippen molar-refractivity contribution in [2.24, 2.45) is 0 Å². The van der Waals surface area contributed by atoms with Crippen LogP contribution in [-0.4, -0.2) is 65.8 Å². The molecule has 1 fully saturated rings. The van der Waals surface area contributed by atoms with Gasteiger partial charge in [0.25, 0.3) is 0 Å². The van der Waals surface area contributed by atoms with Gasteiger partial charge in [0.1, 0.15) is 5.82 Å². The van der Waals surface area contributed by atoms with Crippen LogP contribution in [0.1, 0.15) is 34.0 Å². The zero-order valence-corrected chi connectivity index (χ0v) is 20.6. The fourth-order valence-corrected chi connectivity index (χ4v) is 6.05. The Balaban J connectivity index is 1.22. The number of hydrogen-bond donors (Lipinski definition) is 0. The van der Waals surface area contributed by atoms with E-state index in [9.17, 15) is 14.0 Å². The molecule has 2 aliphatic heterocycles. The lowest BCUT2D eigenvalue weighted by Gasteiger charge is -2.37. The van der Waals surface area contributed by atoms with E-state index >= 15 is 0 Å². The van der Waals surface area contributed by atoms with Gasteiger partial charge in [-0.3, -0.25) is 14.5 Å². The van der Waals surface area contributed by atoms with Crippen molar-refractivity contribution >= 4 is 23.2 Å². The van der Waals surface area contributed by atoms with Crippen LogP contribution < -0.4 is 0 Å². The summed E-state index contributed by atoms with van der Waals surface area (Å²) in [5.41, 5.74) is 3.33. The van der Waals surface area contributed by atoms with Gasteiger partial charge in [0, 0.05) is 37.6 Å². The number of halogens is 1. The van der Waals surface area contributed by atoms with Gasteiger partial charge in [-0.25, -0.2) is 4.39 Å². The zero-order valence-electron chi connectivity index (χ0n) is 19.7. The minimum absolute atomic E-state index is 0.0241. The summed E-state index contributed by atoms with van der Waals surface area (Å²) in [7, 11) is 0. The predicted molar refractivity (Wildman–Crippen MR) is 136 cm³/mol. The van der Waals surface area contributed by atoms with Gasteiger partial charge >= 0.3 is 0 Å². The normalized spacial score (nSPS) is 18.7. The van der Waals surface area contributed by atoms with Crippen LogP contribution in [0.25, 0.3) is 0 Å². The molecule has 3 heterocycles. The Hall–Kier alpha value is -3.03. The fourth-order valence-electron chi connectivity index (χ4n) is 5.14. The number of fused-ring (bicyclic) bond motifs is 1. The Kier molecular flexibility index (Phi) is 7.25. The van der Waals surface area contributed by atoms with Crippen LogP contribution in [0.3, 0.4) is 0 Å². The average Bonchev–Trinajstić information content (AvgIpc) is 3.21. The molecule has 5 rings (SSSR count). The minimum atomic E-state index is -0.302. The van der Waals surface area contributed by atoms with Crippen molar-refractivity contribution in [3.63, 3.8) is 0 Å². The molecule has 3 aromatic rings. The number of hydrogen-bond acceptors (Lipinski definition) is 4. The van der Waals surface area contributed by atoms with Crippen molar-refractivity contribution in [2.45, 2.75) is 25.3 Å². The monoisotopic (exact) mass is 491 g/mol. The lowest BCUT2D eigenvalue weighted by Crippen LogP contribution is -2.45. The van der Waals surface area contributed by atoms with E-state index in [2.05, 4.69) is 40.6 Å². The fraction of sp³-hybridized carbons (Fsp3) is 0.357. The molecule has 2 aromatic carbocycles. The van der Waals surface area contributed by atoms with E-state index in [-0.39, 0.29) is 30.1 Å². The molecule has 1 atom stereocenters. The van der Waals surface area contributed by atoms with Gasteiger partial charge in [-0.15, -0.1) is 11.3 Å². The summed E-state index contributed by atoms with van der Waals surface area (Å²) >= 11 is 1.80. The van der Waals surface area contributed by atoms with Crippen LogP contribution in [0.15, 0.2) is 66.0 Å². The molecule has 0 bridgehead atoms. The molecule has 5 nitrogen and oxygen atoms in total. The topological polar surface area (TPSA) is 43.9 Å². The van der Waals surface area contributed by atoms with Gasteiger partial charge in [-0.05, 0) is 53.1 Å². The molecule has 1 aromatic heterocycles. The second-order valence-corrected chi connectivity index (χ2v) is 10.3. The van der Waals surface area contributed by atoms with E-state index in [0.717, 1.165) is 24.9 Å². The Labute approximate surface area is 209 Å². The van der Waals surface area contributed by atoms with Gasteiger partial charge in [0.15, 0.2) is 0 Å². The maximum Gasteiger partial charge on any atom is 0.236 e. The number of nitrogens with zero attached hydrogens (tertiary/aromatic N) is 3. The molecule has 0 spiro atoms. The van der Waals surface area contributed by atoms with Crippen molar-refractivity contribution in [3.8, 4) is 0 Å². The minimum Gasteiger partial charge on any atom is -0.341 e. The number of benzene rings is 2. The Morgan fingerprint density at radius 1 is 0.857 bits per heavy atom. The Morgan fingerprint density at radius 3 is 2.31 bits per heavy atom.